The summed E-state index contributed by atoms with van der Waals surface area (Å²) in [6, 6.07) is 1.25. The maximum absolute atomic E-state index is 12.8. The van der Waals surface area contributed by atoms with Gasteiger partial charge in [0.05, 0.1) is 11.9 Å². The van der Waals surface area contributed by atoms with Crippen LogP contribution in [0.2, 0.25) is 0 Å². The van der Waals surface area contributed by atoms with Crippen LogP contribution in [0.5, 0.6) is 11.5 Å². The lowest BCUT2D eigenvalue weighted by Crippen LogP contribution is -2.26. The topological polar surface area (TPSA) is 66.8 Å². The van der Waals surface area contributed by atoms with E-state index in [0.717, 1.165) is 6.20 Å². The third-order valence-electron chi connectivity index (χ3n) is 2.11. The maximum Gasteiger partial charge on any atom is 0.586 e. The SMILES string of the molecule is CC(C)(C)[S+]([O-])N=Cc1cc2c(cn1)OC(F)(F)O2. The molecule has 104 valence electrons. The minimum atomic E-state index is -3.67. The maximum atomic E-state index is 12.8. The first-order valence-electron chi connectivity index (χ1n) is 5.39. The van der Waals surface area contributed by atoms with Crippen molar-refractivity contribution in [1.82, 2.24) is 4.98 Å². The van der Waals surface area contributed by atoms with Gasteiger partial charge in [0.25, 0.3) is 0 Å². The van der Waals surface area contributed by atoms with E-state index in [-0.39, 0.29) is 17.2 Å². The number of nitrogens with zero attached hydrogens (tertiary/aromatic N) is 2. The van der Waals surface area contributed by atoms with Crippen LogP contribution in [0.1, 0.15) is 26.5 Å². The summed E-state index contributed by atoms with van der Waals surface area (Å²) >= 11 is -1.44. The summed E-state index contributed by atoms with van der Waals surface area (Å²) in [5.74, 6) is -0.262. The quantitative estimate of drug-likeness (QED) is 0.619. The van der Waals surface area contributed by atoms with Gasteiger partial charge in [-0.2, -0.15) is 0 Å². The van der Waals surface area contributed by atoms with E-state index in [1.165, 1.54) is 12.3 Å². The summed E-state index contributed by atoms with van der Waals surface area (Å²) in [6.07, 6.45) is -1.31. The van der Waals surface area contributed by atoms with E-state index in [1.54, 1.807) is 20.8 Å². The Hall–Kier alpha value is -1.41. The van der Waals surface area contributed by atoms with E-state index in [0.29, 0.717) is 0 Å². The zero-order chi connectivity index (χ0) is 14.3. The lowest BCUT2D eigenvalue weighted by molar-refractivity contribution is -0.286. The van der Waals surface area contributed by atoms with Gasteiger partial charge in [-0.05, 0) is 20.8 Å². The predicted octanol–water partition coefficient (Wildman–Crippen LogP) is 2.28. The van der Waals surface area contributed by atoms with Gasteiger partial charge in [0.15, 0.2) is 11.5 Å². The Kier molecular flexibility index (Phi) is 3.40. The number of fused-ring (bicyclic) bond motifs is 1. The Balaban J connectivity index is 2.15. The Morgan fingerprint density at radius 3 is 2.63 bits per heavy atom. The van der Waals surface area contributed by atoms with Crippen molar-refractivity contribution in [3.05, 3.63) is 18.0 Å². The van der Waals surface area contributed by atoms with Crippen LogP contribution in [-0.4, -0.2) is 26.8 Å². The molecule has 0 saturated carbocycles. The van der Waals surface area contributed by atoms with Crippen molar-refractivity contribution in [2.45, 2.75) is 31.8 Å². The summed E-state index contributed by atoms with van der Waals surface area (Å²) < 4.78 is 49.1. The lowest BCUT2D eigenvalue weighted by Gasteiger charge is -2.17. The smallest absolute Gasteiger partial charge is 0.586 e. The van der Waals surface area contributed by atoms with Crippen molar-refractivity contribution >= 4 is 17.6 Å². The highest BCUT2D eigenvalue weighted by Crippen LogP contribution is 2.40. The Morgan fingerprint density at radius 2 is 2.00 bits per heavy atom. The summed E-state index contributed by atoms with van der Waals surface area (Å²) in [7, 11) is 0. The van der Waals surface area contributed by atoms with Gasteiger partial charge >= 0.3 is 6.29 Å². The number of halogens is 2. The number of aromatic nitrogens is 1. The number of ether oxygens (including phenoxy) is 2. The zero-order valence-corrected chi connectivity index (χ0v) is 11.3. The predicted molar refractivity (Wildman–Crippen MR) is 65.9 cm³/mol. The van der Waals surface area contributed by atoms with Crippen LogP contribution in [0, 0.1) is 0 Å². The molecule has 0 amide bonds. The molecule has 0 saturated heterocycles. The Labute approximate surface area is 112 Å². The van der Waals surface area contributed by atoms with E-state index in [1.807, 2.05) is 0 Å². The Morgan fingerprint density at radius 1 is 1.37 bits per heavy atom. The summed E-state index contributed by atoms with van der Waals surface area (Å²) in [5, 5.41) is 0. The molecule has 0 bridgehead atoms. The highest BCUT2D eigenvalue weighted by Gasteiger charge is 2.43. The molecule has 0 spiro atoms. The van der Waals surface area contributed by atoms with Crippen molar-refractivity contribution in [3.8, 4) is 11.5 Å². The molecule has 1 aromatic rings. The van der Waals surface area contributed by atoms with Crippen molar-refractivity contribution in [1.29, 1.82) is 0 Å². The van der Waals surface area contributed by atoms with E-state index in [4.69, 9.17) is 0 Å². The first-order chi connectivity index (χ1) is 8.67. The third-order valence-corrected chi connectivity index (χ3v) is 3.46. The molecule has 0 fully saturated rings. The fraction of sp³-hybridized carbons (Fsp3) is 0.455. The van der Waals surface area contributed by atoms with Gasteiger partial charge in [0.1, 0.15) is 22.3 Å². The van der Waals surface area contributed by atoms with Crippen molar-refractivity contribution in [2.24, 2.45) is 4.40 Å². The van der Waals surface area contributed by atoms with E-state index < -0.39 is 22.4 Å². The van der Waals surface area contributed by atoms with Crippen molar-refractivity contribution in [3.63, 3.8) is 0 Å². The molecule has 0 N–H and O–H groups in total. The van der Waals surface area contributed by atoms with Crippen molar-refractivity contribution < 1.29 is 22.8 Å². The molecule has 1 unspecified atom stereocenters. The van der Waals surface area contributed by atoms with Gasteiger partial charge in [0, 0.05) is 6.07 Å². The minimum absolute atomic E-state index is 0.122. The van der Waals surface area contributed by atoms with Gasteiger partial charge in [-0.3, -0.25) is 4.98 Å². The van der Waals surface area contributed by atoms with Gasteiger partial charge in [-0.15, -0.1) is 8.78 Å². The number of hydrogen-bond acceptors (Lipinski definition) is 5. The fourth-order valence-electron chi connectivity index (χ4n) is 1.20. The zero-order valence-electron chi connectivity index (χ0n) is 10.5. The van der Waals surface area contributed by atoms with Crippen LogP contribution in [0.15, 0.2) is 16.7 Å². The molecule has 1 atom stereocenters. The molecule has 2 heterocycles. The van der Waals surface area contributed by atoms with E-state index >= 15 is 0 Å². The second kappa shape index (κ2) is 4.61. The second-order valence-electron chi connectivity index (χ2n) is 4.82. The fourth-order valence-corrected chi connectivity index (χ4v) is 1.72. The van der Waals surface area contributed by atoms with E-state index in [2.05, 4.69) is 18.9 Å². The van der Waals surface area contributed by atoms with Crippen LogP contribution in [0.4, 0.5) is 8.78 Å². The molecule has 0 radical (unpaired) electrons. The summed E-state index contributed by atoms with van der Waals surface area (Å²) in [4.78, 5) is 3.85. The first-order valence-corrected chi connectivity index (χ1v) is 6.50. The van der Waals surface area contributed by atoms with Crippen molar-refractivity contribution in [2.75, 3.05) is 0 Å². The average molecular weight is 290 g/mol. The monoisotopic (exact) mass is 290 g/mol. The number of alkyl halides is 2. The summed E-state index contributed by atoms with van der Waals surface area (Å²) in [5.41, 5.74) is 0.262. The molecule has 1 aromatic heterocycles. The largest absolute Gasteiger partial charge is 0.591 e. The molecule has 1 aliphatic rings. The highest BCUT2D eigenvalue weighted by molar-refractivity contribution is 7.91. The molecular weight excluding hydrogens is 278 g/mol. The molecule has 19 heavy (non-hydrogen) atoms. The Bertz CT molecular complexity index is 517. The minimum Gasteiger partial charge on any atom is -0.591 e. The lowest BCUT2D eigenvalue weighted by atomic mass is 10.3. The van der Waals surface area contributed by atoms with Gasteiger partial charge in [-0.1, -0.05) is 4.40 Å². The molecule has 5 nitrogen and oxygen atoms in total. The molecule has 2 rings (SSSR count). The van der Waals surface area contributed by atoms with Crippen LogP contribution < -0.4 is 9.47 Å². The standard InChI is InChI=1S/C11H12F2N2O3S/c1-10(2,3)19(16)15-5-7-4-8-9(6-14-7)18-11(12,13)17-8/h4-6H,1-3H3. The molecule has 8 heteroatoms. The van der Waals surface area contributed by atoms with Crippen LogP contribution in [-0.2, 0) is 11.4 Å². The molecular formula is C11H12F2N2O3S. The van der Waals surface area contributed by atoms with Gasteiger partial charge in [0.2, 0.25) is 0 Å². The number of hydrogen-bond donors (Lipinski definition) is 0. The van der Waals surface area contributed by atoms with Crippen LogP contribution in [0.3, 0.4) is 0 Å². The van der Waals surface area contributed by atoms with Crippen LogP contribution in [0.25, 0.3) is 0 Å². The summed E-state index contributed by atoms with van der Waals surface area (Å²) in [6.45, 7) is 5.32. The van der Waals surface area contributed by atoms with Gasteiger partial charge in [-0.25, -0.2) is 0 Å². The van der Waals surface area contributed by atoms with Gasteiger partial charge < -0.3 is 14.0 Å². The first kappa shape index (κ1) is 14.0. The molecule has 0 aliphatic carbocycles. The molecule has 0 aromatic carbocycles. The van der Waals surface area contributed by atoms with Crippen LogP contribution >= 0.6 is 0 Å². The third kappa shape index (κ3) is 3.32. The average Bonchev–Trinajstić information content (AvgIpc) is 2.57. The normalized spacial score (nSPS) is 18.8. The van der Waals surface area contributed by atoms with E-state index in [9.17, 15) is 13.3 Å². The second-order valence-corrected chi connectivity index (χ2v) is 6.75. The molecule has 1 aliphatic heterocycles. The highest BCUT2D eigenvalue weighted by atomic mass is 32.2. The number of pyridine rings is 1. The number of rotatable bonds is 2.